The zero-order valence-electron chi connectivity index (χ0n) is 9.65. The molecular weight excluding hydrogens is 180 g/mol. The van der Waals surface area contributed by atoms with Crippen molar-refractivity contribution >= 4 is 0 Å². The van der Waals surface area contributed by atoms with Crippen molar-refractivity contribution in [3.05, 3.63) is 55.0 Å². The number of hydrogen-bond donors (Lipinski definition) is 0. The van der Waals surface area contributed by atoms with E-state index in [2.05, 4.69) is 50.3 Å². The summed E-state index contributed by atoms with van der Waals surface area (Å²) in [4.78, 5) is 0. The lowest BCUT2D eigenvalue weighted by atomic mass is 9.89. The number of allylic oxidation sites excluding steroid dienone is 1. The van der Waals surface area contributed by atoms with Crippen LogP contribution >= 0.6 is 0 Å². The number of benzene rings is 1. The molecule has 1 atom stereocenters. The van der Waals surface area contributed by atoms with Gasteiger partial charge in [0.1, 0.15) is 0 Å². The van der Waals surface area contributed by atoms with Gasteiger partial charge in [0.15, 0.2) is 0 Å². The minimum Gasteiger partial charge on any atom is -0.103 e. The van der Waals surface area contributed by atoms with E-state index in [9.17, 15) is 0 Å². The third kappa shape index (κ3) is 4.33. The lowest BCUT2D eigenvalue weighted by Gasteiger charge is -2.15. The average Bonchev–Trinajstić information content (AvgIpc) is 2.30. The van der Waals surface area contributed by atoms with E-state index < -0.39 is 0 Å². The fraction of sp³-hybridized carbons (Fsp3) is 0.400. The zero-order valence-corrected chi connectivity index (χ0v) is 9.65. The summed E-state index contributed by atoms with van der Waals surface area (Å²) in [6, 6.07) is 10.8. The molecule has 81 valence electrons. The summed E-state index contributed by atoms with van der Waals surface area (Å²) < 4.78 is 0. The molecule has 0 spiro atoms. The van der Waals surface area contributed by atoms with Gasteiger partial charge in [-0.1, -0.05) is 56.2 Å². The van der Waals surface area contributed by atoms with Crippen molar-refractivity contribution in [2.45, 2.75) is 38.5 Å². The van der Waals surface area contributed by atoms with Crippen molar-refractivity contribution in [2.24, 2.45) is 0 Å². The highest BCUT2D eigenvalue weighted by Gasteiger charge is 2.09. The lowest BCUT2D eigenvalue weighted by molar-refractivity contribution is 0.630. The molecule has 0 aliphatic carbocycles. The molecule has 1 aromatic rings. The molecular formula is C15H21. The smallest absolute Gasteiger partial charge is 0.0128 e. The van der Waals surface area contributed by atoms with Crippen LogP contribution in [0.5, 0.6) is 0 Å². The maximum atomic E-state index is 3.78. The van der Waals surface area contributed by atoms with E-state index in [1.54, 1.807) is 0 Å². The van der Waals surface area contributed by atoms with Crippen molar-refractivity contribution < 1.29 is 0 Å². The Morgan fingerprint density at radius 3 is 2.60 bits per heavy atom. The standard InChI is InChI=1S/C15H21/c1-3-5-10-14(11-6-4-2)15-12-8-7-9-13-15/h3,7-10,12-14H,1,4-6,11H2,2H3. The minimum atomic E-state index is 0.601. The highest BCUT2D eigenvalue weighted by Crippen LogP contribution is 2.25. The second-order valence-corrected chi connectivity index (χ2v) is 3.92. The first-order chi connectivity index (χ1) is 7.38. The Bertz CT molecular complexity index is 261. The van der Waals surface area contributed by atoms with Crippen LogP contribution in [0.25, 0.3) is 0 Å². The van der Waals surface area contributed by atoms with Crippen LogP contribution in [-0.4, -0.2) is 0 Å². The second kappa shape index (κ2) is 7.28. The summed E-state index contributed by atoms with van der Waals surface area (Å²) in [5.74, 6) is 0.601. The van der Waals surface area contributed by atoms with Crippen LogP contribution in [0.15, 0.2) is 43.0 Å². The van der Waals surface area contributed by atoms with E-state index in [-0.39, 0.29) is 0 Å². The van der Waals surface area contributed by atoms with Gasteiger partial charge in [-0.25, -0.2) is 0 Å². The third-order valence-corrected chi connectivity index (χ3v) is 2.68. The van der Waals surface area contributed by atoms with Crippen molar-refractivity contribution in [3.8, 4) is 0 Å². The molecule has 0 N–H and O–H groups in total. The van der Waals surface area contributed by atoms with Gasteiger partial charge in [-0.15, -0.1) is 6.58 Å². The fourth-order valence-electron chi connectivity index (χ4n) is 1.81. The molecule has 0 heteroatoms. The van der Waals surface area contributed by atoms with E-state index in [4.69, 9.17) is 0 Å². The molecule has 1 radical (unpaired) electrons. The van der Waals surface area contributed by atoms with Crippen LogP contribution in [0.3, 0.4) is 0 Å². The molecule has 1 rings (SSSR count). The quantitative estimate of drug-likeness (QED) is 0.559. The van der Waals surface area contributed by atoms with Gasteiger partial charge < -0.3 is 0 Å². The van der Waals surface area contributed by atoms with Crippen molar-refractivity contribution in [2.75, 3.05) is 0 Å². The van der Waals surface area contributed by atoms with Crippen LogP contribution in [0.1, 0.15) is 44.1 Å². The first kappa shape index (κ1) is 12.0. The Morgan fingerprint density at radius 2 is 2.00 bits per heavy atom. The van der Waals surface area contributed by atoms with Crippen LogP contribution < -0.4 is 0 Å². The summed E-state index contributed by atoms with van der Waals surface area (Å²) in [7, 11) is 0. The van der Waals surface area contributed by atoms with Crippen molar-refractivity contribution in [1.29, 1.82) is 0 Å². The van der Waals surface area contributed by atoms with Gasteiger partial charge in [0.2, 0.25) is 0 Å². The van der Waals surface area contributed by atoms with Crippen molar-refractivity contribution in [1.82, 2.24) is 0 Å². The van der Waals surface area contributed by atoms with Crippen LogP contribution in [-0.2, 0) is 0 Å². The molecule has 0 bridgehead atoms. The predicted molar refractivity (Wildman–Crippen MR) is 67.8 cm³/mol. The Kier molecular flexibility index (Phi) is 5.84. The molecule has 15 heavy (non-hydrogen) atoms. The Balaban J connectivity index is 2.58. The summed E-state index contributed by atoms with van der Waals surface area (Å²) in [5, 5.41) is 0. The van der Waals surface area contributed by atoms with Gasteiger partial charge in [0.05, 0.1) is 0 Å². The summed E-state index contributed by atoms with van der Waals surface area (Å²) in [6.07, 6.45) is 9.18. The number of unbranched alkanes of at least 4 members (excludes halogenated alkanes) is 1. The Labute approximate surface area is 94.0 Å². The molecule has 0 aliphatic heterocycles. The van der Waals surface area contributed by atoms with Gasteiger partial charge in [0.25, 0.3) is 0 Å². The van der Waals surface area contributed by atoms with E-state index in [0.717, 1.165) is 6.42 Å². The monoisotopic (exact) mass is 201 g/mol. The topological polar surface area (TPSA) is 0 Å². The summed E-state index contributed by atoms with van der Waals surface area (Å²) >= 11 is 0. The zero-order chi connectivity index (χ0) is 10.9. The SMILES string of the molecule is C=CC[CH]C(CCCC)c1ccccc1. The minimum absolute atomic E-state index is 0.601. The second-order valence-electron chi connectivity index (χ2n) is 3.92. The molecule has 1 aromatic carbocycles. The Morgan fingerprint density at radius 1 is 1.27 bits per heavy atom. The first-order valence-electron chi connectivity index (χ1n) is 5.87. The van der Waals surface area contributed by atoms with E-state index >= 15 is 0 Å². The normalized spacial score (nSPS) is 12.3. The predicted octanol–water partition coefficient (Wildman–Crippen LogP) is 4.74. The van der Waals surface area contributed by atoms with Gasteiger partial charge in [-0.2, -0.15) is 0 Å². The van der Waals surface area contributed by atoms with E-state index in [1.165, 1.54) is 24.8 Å². The van der Waals surface area contributed by atoms with Crippen molar-refractivity contribution in [3.63, 3.8) is 0 Å². The van der Waals surface area contributed by atoms with Gasteiger partial charge >= 0.3 is 0 Å². The Hall–Kier alpha value is -1.04. The number of rotatable bonds is 7. The molecule has 0 aliphatic rings. The molecule has 0 heterocycles. The maximum absolute atomic E-state index is 3.78. The molecule has 0 saturated heterocycles. The largest absolute Gasteiger partial charge is 0.103 e. The molecule has 0 amide bonds. The summed E-state index contributed by atoms with van der Waals surface area (Å²) in [6.45, 7) is 6.02. The van der Waals surface area contributed by atoms with E-state index in [1.807, 2.05) is 6.08 Å². The molecule has 1 unspecified atom stereocenters. The van der Waals surface area contributed by atoms with Gasteiger partial charge in [0, 0.05) is 0 Å². The number of hydrogen-bond acceptors (Lipinski definition) is 0. The lowest BCUT2D eigenvalue weighted by Crippen LogP contribution is -1.99. The third-order valence-electron chi connectivity index (χ3n) is 2.68. The van der Waals surface area contributed by atoms with Crippen LogP contribution in [0.2, 0.25) is 0 Å². The van der Waals surface area contributed by atoms with E-state index in [0.29, 0.717) is 5.92 Å². The highest BCUT2D eigenvalue weighted by molar-refractivity contribution is 5.22. The maximum Gasteiger partial charge on any atom is -0.0128 e. The summed E-state index contributed by atoms with van der Waals surface area (Å²) in [5.41, 5.74) is 1.44. The van der Waals surface area contributed by atoms with Gasteiger partial charge in [-0.3, -0.25) is 0 Å². The molecule has 0 fully saturated rings. The first-order valence-corrected chi connectivity index (χ1v) is 5.87. The van der Waals surface area contributed by atoms with Crippen LogP contribution in [0.4, 0.5) is 0 Å². The van der Waals surface area contributed by atoms with Crippen LogP contribution in [0, 0.1) is 6.42 Å². The molecule has 0 saturated carbocycles. The average molecular weight is 201 g/mol. The molecule has 0 nitrogen and oxygen atoms in total. The highest BCUT2D eigenvalue weighted by atomic mass is 14.1. The molecule has 0 aromatic heterocycles. The fourth-order valence-corrected chi connectivity index (χ4v) is 1.81. The van der Waals surface area contributed by atoms with Gasteiger partial charge in [-0.05, 0) is 30.7 Å².